The van der Waals surface area contributed by atoms with Gasteiger partial charge in [-0.1, -0.05) is 0 Å². The minimum Gasteiger partial charge on any atom is -0.435 e. The van der Waals surface area contributed by atoms with Gasteiger partial charge in [0.05, 0.1) is 5.69 Å². The van der Waals surface area contributed by atoms with Crippen LogP contribution in [0, 0.1) is 13.8 Å². The lowest BCUT2D eigenvalue weighted by atomic mass is 10.2. The lowest BCUT2D eigenvalue weighted by Gasteiger charge is -2.04. The first kappa shape index (κ1) is 13.5. The Labute approximate surface area is 120 Å². The standard InChI is InChI=1S/C15H13F2N3O/c1-9-7-10(2)20-8-13(19-15(20)18-9)11-3-5-12(6-4-11)21-14(16)17/h3-8,14H,1-2H3. The number of hydrogen-bond acceptors (Lipinski definition) is 3. The van der Waals surface area contributed by atoms with Crippen molar-refractivity contribution in [1.82, 2.24) is 14.4 Å². The number of hydrogen-bond donors (Lipinski definition) is 0. The van der Waals surface area contributed by atoms with Crippen molar-refractivity contribution < 1.29 is 13.5 Å². The van der Waals surface area contributed by atoms with E-state index in [2.05, 4.69) is 14.7 Å². The van der Waals surface area contributed by atoms with Gasteiger partial charge in [0.2, 0.25) is 5.78 Å². The number of aryl methyl sites for hydroxylation is 2. The minimum atomic E-state index is -2.82. The van der Waals surface area contributed by atoms with Gasteiger partial charge in [-0.2, -0.15) is 8.78 Å². The molecule has 0 unspecified atom stereocenters. The first-order valence-electron chi connectivity index (χ1n) is 6.41. The maximum Gasteiger partial charge on any atom is 0.387 e. The predicted octanol–water partition coefficient (Wildman–Crippen LogP) is 3.61. The summed E-state index contributed by atoms with van der Waals surface area (Å²) in [6.45, 7) is 1.07. The van der Waals surface area contributed by atoms with Crippen molar-refractivity contribution in [1.29, 1.82) is 0 Å². The third kappa shape index (κ3) is 2.69. The van der Waals surface area contributed by atoms with E-state index in [0.717, 1.165) is 22.6 Å². The quantitative estimate of drug-likeness (QED) is 0.739. The van der Waals surface area contributed by atoms with Crippen molar-refractivity contribution in [2.75, 3.05) is 0 Å². The van der Waals surface area contributed by atoms with Crippen molar-refractivity contribution in [3.8, 4) is 17.0 Å². The Kier molecular flexibility index (Phi) is 3.29. The van der Waals surface area contributed by atoms with Gasteiger partial charge in [0.1, 0.15) is 5.75 Å². The van der Waals surface area contributed by atoms with Gasteiger partial charge >= 0.3 is 6.61 Å². The summed E-state index contributed by atoms with van der Waals surface area (Å²) in [5, 5.41) is 0. The molecule has 2 heterocycles. The van der Waals surface area contributed by atoms with E-state index in [-0.39, 0.29) is 5.75 Å². The number of benzene rings is 1. The van der Waals surface area contributed by atoms with Gasteiger partial charge in [0, 0.05) is 23.1 Å². The Balaban J connectivity index is 1.98. The highest BCUT2D eigenvalue weighted by atomic mass is 19.3. The molecule has 0 N–H and O–H groups in total. The number of imidazole rings is 1. The van der Waals surface area contributed by atoms with Crippen LogP contribution in [0.4, 0.5) is 8.78 Å². The molecule has 3 rings (SSSR count). The molecular weight excluding hydrogens is 276 g/mol. The summed E-state index contributed by atoms with van der Waals surface area (Å²) < 4.78 is 30.5. The first-order chi connectivity index (χ1) is 10.0. The average Bonchev–Trinajstić information content (AvgIpc) is 2.83. The van der Waals surface area contributed by atoms with Crippen LogP contribution in [-0.2, 0) is 0 Å². The van der Waals surface area contributed by atoms with E-state index < -0.39 is 6.61 Å². The Hall–Kier alpha value is -2.50. The fraction of sp³-hybridized carbons (Fsp3) is 0.200. The SMILES string of the molecule is Cc1cc(C)n2cc(-c3ccc(OC(F)F)cc3)nc2n1. The number of halogens is 2. The zero-order chi connectivity index (χ0) is 15.0. The molecule has 1 aromatic carbocycles. The van der Waals surface area contributed by atoms with Crippen LogP contribution in [0.3, 0.4) is 0 Å². The minimum absolute atomic E-state index is 0.127. The van der Waals surface area contributed by atoms with E-state index in [4.69, 9.17) is 0 Å². The predicted molar refractivity (Wildman–Crippen MR) is 74.5 cm³/mol. The zero-order valence-electron chi connectivity index (χ0n) is 11.5. The monoisotopic (exact) mass is 289 g/mol. The number of alkyl halides is 2. The molecule has 0 saturated heterocycles. The number of aromatic nitrogens is 3. The van der Waals surface area contributed by atoms with Gasteiger partial charge < -0.3 is 4.74 Å². The van der Waals surface area contributed by atoms with Crippen LogP contribution in [0.15, 0.2) is 36.5 Å². The number of rotatable bonds is 3. The van der Waals surface area contributed by atoms with Crippen molar-refractivity contribution in [2.24, 2.45) is 0 Å². The van der Waals surface area contributed by atoms with E-state index in [1.165, 1.54) is 12.1 Å². The molecule has 2 aromatic heterocycles. The second-order valence-electron chi connectivity index (χ2n) is 4.74. The molecule has 0 fully saturated rings. The van der Waals surface area contributed by atoms with Crippen LogP contribution in [-0.4, -0.2) is 21.0 Å². The molecule has 0 bridgehead atoms. The smallest absolute Gasteiger partial charge is 0.387 e. The summed E-state index contributed by atoms with van der Waals surface area (Å²) in [4.78, 5) is 8.83. The largest absolute Gasteiger partial charge is 0.435 e. The lowest BCUT2D eigenvalue weighted by molar-refractivity contribution is -0.0498. The van der Waals surface area contributed by atoms with E-state index in [1.54, 1.807) is 12.1 Å². The van der Waals surface area contributed by atoms with Crippen molar-refractivity contribution in [2.45, 2.75) is 20.5 Å². The number of fused-ring (bicyclic) bond motifs is 1. The summed E-state index contributed by atoms with van der Waals surface area (Å²) >= 11 is 0. The molecule has 4 nitrogen and oxygen atoms in total. The topological polar surface area (TPSA) is 39.4 Å². The number of ether oxygens (including phenoxy) is 1. The molecular formula is C15H13F2N3O. The highest BCUT2D eigenvalue weighted by Crippen LogP contribution is 2.23. The van der Waals surface area contributed by atoms with Crippen LogP contribution >= 0.6 is 0 Å². The van der Waals surface area contributed by atoms with Gasteiger partial charge in [-0.05, 0) is 44.2 Å². The van der Waals surface area contributed by atoms with Crippen molar-refractivity contribution >= 4 is 5.78 Å². The van der Waals surface area contributed by atoms with Crippen LogP contribution in [0.5, 0.6) is 5.75 Å². The second-order valence-corrected chi connectivity index (χ2v) is 4.74. The van der Waals surface area contributed by atoms with E-state index in [0.29, 0.717) is 5.78 Å². The van der Waals surface area contributed by atoms with Crippen LogP contribution in [0.2, 0.25) is 0 Å². The Morgan fingerprint density at radius 2 is 1.81 bits per heavy atom. The van der Waals surface area contributed by atoms with E-state index >= 15 is 0 Å². The van der Waals surface area contributed by atoms with Gasteiger partial charge in [-0.3, -0.25) is 4.40 Å². The molecule has 0 atom stereocenters. The molecule has 0 spiro atoms. The van der Waals surface area contributed by atoms with Gasteiger partial charge in [0.15, 0.2) is 0 Å². The molecule has 0 aliphatic rings. The van der Waals surface area contributed by atoms with E-state index in [9.17, 15) is 8.78 Å². The third-order valence-corrected chi connectivity index (χ3v) is 3.14. The van der Waals surface area contributed by atoms with Gasteiger partial charge in [-0.15, -0.1) is 0 Å². The van der Waals surface area contributed by atoms with Gasteiger partial charge in [-0.25, -0.2) is 9.97 Å². The van der Waals surface area contributed by atoms with Crippen molar-refractivity contribution in [3.05, 3.63) is 47.9 Å². The summed E-state index contributed by atoms with van der Waals surface area (Å²) in [5.41, 5.74) is 3.49. The summed E-state index contributed by atoms with van der Waals surface area (Å²) in [6, 6.07) is 8.36. The number of nitrogens with zero attached hydrogens (tertiary/aromatic N) is 3. The molecule has 0 aliphatic carbocycles. The Morgan fingerprint density at radius 1 is 1.10 bits per heavy atom. The van der Waals surface area contributed by atoms with Crippen LogP contribution in [0.25, 0.3) is 17.0 Å². The summed E-state index contributed by atoms with van der Waals surface area (Å²) in [5.74, 6) is 0.748. The maximum atomic E-state index is 12.1. The molecule has 21 heavy (non-hydrogen) atoms. The highest BCUT2D eigenvalue weighted by Gasteiger charge is 2.09. The fourth-order valence-electron chi connectivity index (χ4n) is 2.22. The normalized spacial score (nSPS) is 11.3. The fourth-order valence-corrected chi connectivity index (χ4v) is 2.22. The first-order valence-corrected chi connectivity index (χ1v) is 6.41. The van der Waals surface area contributed by atoms with Gasteiger partial charge in [0.25, 0.3) is 0 Å². The lowest BCUT2D eigenvalue weighted by Crippen LogP contribution is -2.01. The zero-order valence-corrected chi connectivity index (χ0v) is 11.5. The maximum absolute atomic E-state index is 12.1. The molecule has 3 aromatic rings. The highest BCUT2D eigenvalue weighted by molar-refractivity contribution is 5.62. The molecule has 0 aliphatic heterocycles. The molecule has 0 saturated carbocycles. The molecule has 0 radical (unpaired) electrons. The summed E-state index contributed by atoms with van der Waals surface area (Å²) in [7, 11) is 0. The Morgan fingerprint density at radius 3 is 2.48 bits per heavy atom. The van der Waals surface area contributed by atoms with Crippen LogP contribution in [0.1, 0.15) is 11.4 Å². The molecule has 0 amide bonds. The van der Waals surface area contributed by atoms with E-state index in [1.807, 2.05) is 30.5 Å². The molecule has 6 heteroatoms. The van der Waals surface area contributed by atoms with Crippen molar-refractivity contribution in [3.63, 3.8) is 0 Å². The summed E-state index contributed by atoms with van der Waals surface area (Å²) in [6.07, 6.45) is 1.88. The average molecular weight is 289 g/mol. The van der Waals surface area contributed by atoms with Crippen LogP contribution < -0.4 is 4.74 Å². The third-order valence-electron chi connectivity index (χ3n) is 3.14. The second kappa shape index (κ2) is 5.12. The molecule has 108 valence electrons. The Bertz CT molecular complexity index is 781.